The lowest BCUT2D eigenvalue weighted by Crippen LogP contribution is -2.39. The first-order valence-electron chi connectivity index (χ1n) is 8.95. The van der Waals surface area contributed by atoms with Gasteiger partial charge in [-0.1, -0.05) is 29.4 Å². The first-order chi connectivity index (χ1) is 14.2. The normalized spacial score (nSPS) is 17.0. The highest BCUT2D eigenvalue weighted by molar-refractivity contribution is 6.08. The van der Waals surface area contributed by atoms with E-state index >= 15 is 0 Å². The van der Waals surface area contributed by atoms with E-state index in [2.05, 4.69) is 20.4 Å². The number of oxime groups is 1. The Kier molecular flexibility index (Phi) is 5.26. The van der Waals surface area contributed by atoms with Crippen LogP contribution in [0.5, 0.6) is 0 Å². The molecule has 0 radical (unpaired) electrons. The van der Waals surface area contributed by atoms with Crippen molar-refractivity contribution in [2.75, 3.05) is 6.61 Å². The zero-order chi connectivity index (χ0) is 20.2. The molecule has 2 N–H and O–H groups in total. The molecular formula is C21H17FN4O3. The Labute approximate surface area is 165 Å². The third kappa shape index (κ3) is 3.97. The smallest absolute Gasteiger partial charge is 0.276 e. The number of nitrogens with zero attached hydrogens (tertiary/aromatic N) is 3. The van der Waals surface area contributed by atoms with E-state index in [0.29, 0.717) is 11.5 Å². The van der Waals surface area contributed by atoms with Crippen LogP contribution in [0, 0.1) is 11.7 Å². The molecule has 8 heteroatoms. The number of aliphatic hydroxyl groups is 1. The van der Waals surface area contributed by atoms with Gasteiger partial charge in [0.25, 0.3) is 5.91 Å². The van der Waals surface area contributed by atoms with Crippen molar-refractivity contribution in [1.29, 1.82) is 0 Å². The van der Waals surface area contributed by atoms with Gasteiger partial charge in [0.15, 0.2) is 5.84 Å². The second-order valence-electron chi connectivity index (χ2n) is 6.43. The Hall–Kier alpha value is -3.65. The van der Waals surface area contributed by atoms with Crippen LogP contribution in [-0.4, -0.2) is 40.9 Å². The molecule has 1 aliphatic rings. The summed E-state index contributed by atoms with van der Waals surface area (Å²) >= 11 is 0. The van der Waals surface area contributed by atoms with Crippen LogP contribution in [0.2, 0.25) is 0 Å². The summed E-state index contributed by atoms with van der Waals surface area (Å²) in [6.07, 6.45) is 2.28. The van der Waals surface area contributed by atoms with Gasteiger partial charge in [0, 0.05) is 23.4 Å². The Morgan fingerprint density at radius 2 is 2.03 bits per heavy atom. The molecule has 4 rings (SSSR count). The number of pyridine rings is 1. The fourth-order valence-electron chi connectivity index (χ4n) is 2.95. The van der Waals surface area contributed by atoms with Crippen LogP contribution in [0.3, 0.4) is 0 Å². The maximum absolute atomic E-state index is 13.0. The van der Waals surface area contributed by atoms with Gasteiger partial charge in [-0.2, -0.15) is 0 Å². The molecule has 146 valence electrons. The molecular weight excluding hydrogens is 375 g/mol. The zero-order valence-corrected chi connectivity index (χ0v) is 15.2. The van der Waals surface area contributed by atoms with Gasteiger partial charge in [0.05, 0.1) is 12.5 Å². The van der Waals surface area contributed by atoms with Gasteiger partial charge in [-0.25, -0.2) is 9.38 Å². The highest BCUT2D eigenvalue weighted by Gasteiger charge is 2.29. The average molecular weight is 392 g/mol. The molecule has 2 atom stereocenters. The van der Waals surface area contributed by atoms with Crippen LogP contribution in [0.4, 0.5) is 4.39 Å². The molecule has 2 unspecified atom stereocenters. The number of hydrogen-bond donors (Lipinski definition) is 2. The molecule has 0 spiro atoms. The van der Waals surface area contributed by atoms with Gasteiger partial charge >= 0.3 is 0 Å². The Morgan fingerprint density at radius 3 is 2.83 bits per heavy atom. The molecule has 1 amide bonds. The zero-order valence-electron chi connectivity index (χ0n) is 15.2. The summed E-state index contributed by atoms with van der Waals surface area (Å²) in [6.45, 7) is -0.316. The van der Waals surface area contributed by atoms with E-state index in [4.69, 9.17) is 4.84 Å². The van der Waals surface area contributed by atoms with Crippen molar-refractivity contribution in [3.8, 4) is 0 Å². The number of nitrogens with one attached hydrogen (secondary N) is 1. The Balaban J connectivity index is 1.47. The van der Waals surface area contributed by atoms with Gasteiger partial charge in [-0.15, -0.1) is 0 Å². The number of carbonyl (C=O) groups is 1. The summed E-state index contributed by atoms with van der Waals surface area (Å²) in [5, 5.41) is 18.7. The van der Waals surface area contributed by atoms with Crippen molar-refractivity contribution in [2.45, 2.75) is 6.23 Å². The van der Waals surface area contributed by atoms with Gasteiger partial charge in [0.2, 0.25) is 6.23 Å². The molecule has 7 nitrogen and oxygen atoms in total. The van der Waals surface area contributed by atoms with Crippen LogP contribution in [0.25, 0.3) is 10.8 Å². The SMILES string of the molecule is O=C(/N=C\C(CO)C1NC(c2nccc3ccccc23)=NO1)c1ccc(F)cc1. The Bertz CT molecular complexity index is 1090. The summed E-state index contributed by atoms with van der Waals surface area (Å²) in [4.78, 5) is 25.8. The molecule has 0 saturated heterocycles. The fraction of sp³-hybridized carbons (Fsp3) is 0.143. The number of halogens is 1. The average Bonchev–Trinajstić information content (AvgIpc) is 3.24. The monoisotopic (exact) mass is 392 g/mol. The third-order valence-corrected chi connectivity index (χ3v) is 4.51. The van der Waals surface area contributed by atoms with Crippen LogP contribution in [0.15, 0.2) is 70.9 Å². The summed E-state index contributed by atoms with van der Waals surface area (Å²) in [6, 6.07) is 14.7. The maximum Gasteiger partial charge on any atom is 0.276 e. The number of hydrogen-bond acceptors (Lipinski definition) is 6. The highest BCUT2D eigenvalue weighted by Crippen LogP contribution is 2.20. The predicted octanol–water partition coefficient (Wildman–Crippen LogP) is 2.50. The van der Waals surface area contributed by atoms with E-state index in [9.17, 15) is 14.3 Å². The van der Waals surface area contributed by atoms with E-state index in [1.54, 1.807) is 6.20 Å². The lowest BCUT2D eigenvalue weighted by Gasteiger charge is -2.16. The van der Waals surface area contributed by atoms with E-state index in [1.807, 2.05) is 30.3 Å². The van der Waals surface area contributed by atoms with E-state index < -0.39 is 23.9 Å². The van der Waals surface area contributed by atoms with Crippen molar-refractivity contribution in [2.24, 2.45) is 16.1 Å². The quantitative estimate of drug-likeness (QED) is 0.651. The predicted molar refractivity (Wildman–Crippen MR) is 106 cm³/mol. The second-order valence-corrected chi connectivity index (χ2v) is 6.43. The summed E-state index contributed by atoms with van der Waals surface area (Å²) in [5.74, 6) is -1.17. The molecule has 29 heavy (non-hydrogen) atoms. The van der Waals surface area contributed by atoms with Gasteiger partial charge in [0.1, 0.15) is 11.5 Å². The van der Waals surface area contributed by atoms with Gasteiger partial charge in [-0.3, -0.25) is 9.78 Å². The minimum Gasteiger partial charge on any atom is -0.395 e. The van der Waals surface area contributed by atoms with E-state index in [-0.39, 0.29) is 12.2 Å². The van der Waals surface area contributed by atoms with Crippen molar-refractivity contribution >= 4 is 28.7 Å². The highest BCUT2D eigenvalue weighted by atomic mass is 19.1. The summed E-state index contributed by atoms with van der Waals surface area (Å²) in [7, 11) is 0. The summed E-state index contributed by atoms with van der Waals surface area (Å²) in [5.41, 5.74) is 0.873. The van der Waals surface area contributed by atoms with Crippen LogP contribution in [0.1, 0.15) is 16.1 Å². The van der Waals surface area contributed by atoms with Crippen molar-refractivity contribution in [3.05, 3.63) is 77.9 Å². The number of fused-ring (bicyclic) bond motifs is 1. The number of aromatic nitrogens is 1. The van der Waals surface area contributed by atoms with Crippen molar-refractivity contribution < 1.29 is 19.1 Å². The van der Waals surface area contributed by atoms with Crippen LogP contribution in [-0.2, 0) is 4.84 Å². The van der Waals surface area contributed by atoms with E-state index in [0.717, 1.165) is 10.8 Å². The lowest BCUT2D eigenvalue weighted by molar-refractivity contribution is 0.0317. The largest absolute Gasteiger partial charge is 0.395 e. The molecule has 1 aliphatic heterocycles. The number of benzene rings is 2. The topological polar surface area (TPSA) is 96.2 Å². The molecule has 2 aromatic carbocycles. The molecule has 0 saturated carbocycles. The minimum absolute atomic E-state index is 0.247. The second kappa shape index (κ2) is 8.15. The molecule has 0 fully saturated rings. The maximum atomic E-state index is 13.0. The first-order valence-corrected chi connectivity index (χ1v) is 8.95. The molecule has 1 aromatic heterocycles. The van der Waals surface area contributed by atoms with E-state index in [1.165, 1.54) is 30.5 Å². The molecule has 0 bridgehead atoms. The summed E-state index contributed by atoms with van der Waals surface area (Å²) < 4.78 is 13.0. The van der Waals surface area contributed by atoms with Crippen LogP contribution >= 0.6 is 0 Å². The minimum atomic E-state index is -0.708. The van der Waals surface area contributed by atoms with Gasteiger partial charge in [-0.05, 0) is 35.7 Å². The molecule has 2 heterocycles. The number of aliphatic imine (C=N–C) groups is 1. The number of rotatable bonds is 5. The van der Waals surface area contributed by atoms with Crippen molar-refractivity contribution in [1.82, 2.24) is 10.3 Å². The van der Waals surface area contributed by atoms with Crippen LogP contribution < -0.4 is 5.32 Å². The number of carbonyl (C=O) groups excluding carboxylic acids is 1. The first kappa shape index (κ1) is 18.7. The third-order valence-electron chi connectivity index (χ3n) is 4.51. The number of amidine groups is 1. The number of aliphatic hydroxyl groups excluding tert-OH is 1. The lowest BCUT2D eigenvalue weighted by atomic mass is 10.1. The Morgan fingerprint density at radius 1 is 1.24 bits per heavy atom. The molecule has 0 aliphatic carbocycles. The standard InChI is InChI=1S/C21H17FN4O3/c22-16-7-5-14(6-8-16)20(28)24-11-15(12-27)21-25-19(26-29-21)18-17-4-2-1-3-13(17)9-10-23-18/h1-11,15,21,27H,12H2,(H,25,26)/b24-11-. The number of amides is 1. The molecule has 3 aromatic rings. The fourth-order valence-corrected chi connectivity index (χ4v) is 2.95. The van der Waals surface area contributed by atoms with Gasteiger partial charge < -0.3 is 15.3 Å². The van der Waals surface area contributed by atoms with Crippen molar-refractivity contribution in [3.63, 3.8) is 0 Å².